The summed E-state index contributed by atoms with van der Waals surface area (Å²) in [6.07, 6.45) is -102. The maximum atomic E-state index is 13.5. The Bertz CT molecular complexity index is 2850. The van der Waals surface area contributed by atoms with Crippen LogP contribution in [0.25, 0.3) is 0 Å². The molecule has 0 aliphatic carbocycles. The van der Waals surface area contributed by atoms with Crippen molar-refractivity contribution in [2.24, 2.45) is 0 Å². The zero-order valence-electron chi connectivity index (χ0n) is 57.5. The second kappa shape index (κ2) is 37.7. The van der Waals surface area contributed by atoms with Crippen LogP contribution in [-0.2, 0) is 94.8 Å². The van der Waals surface area contributed by atoms with Crippen molar-refractivity contribution in [1.29, 1.82) is 0 Å². The Morgan fingerprint density at radius 1 is 0.273 bits per heavy atom. The summed E-state index contributed by atoms with van der Waals surface area (Å²) in [4.78, 5) is 13.5. The fourth-order valence-electron chi connectivity index (χ4n) is 14.7. The number of amides is 1. The van der Waals surface area contributed by atoms with Crippen molar-refractivity contribution >= 4 is 5.91 Å². The van der Waals surface area contributed by atoms with Crippen LogP contribution in [0.3, 0.4) is 0 Å². The first-order valence-corrected chi connectivity index (χ1v) is 35.2. The summed E-state index contributed by atoms with van der Waals surface area (Å²) in [7, 11) is 0. The molecule has 0 spiro atoms. The monoisotopic (exact) mass is 1620 g/mol. The van der Waals surface area contributed by atoms with Crippen molar-refractivity contribution < 1.29 is 243 Å². The van der Waals surface area contributed by atoms with Gasteiger partial charge in [-0.1, -0.05) is 0 Å². The lowest BCUT2D eigenvalue weighted by molar-refractivity contribution is -0.399. The molecule has 50 heteroatoms. The lowest BCUT2D eigenvalue weighted by Gasteiger charge is -2.50. The maximum absolute atomic E-state index is 13.5. The molecule has 638 valence electrons. The maximum Gasteiger partial charge on any atom is 0.252 e. The highest BCUT2D eigenvalue weighted by molar-refractivity contribution is 5.82. The average Bonchev–Trinajstić information content (AvgIpc) is 0.777. The van der Waals surface area contributed by atoms with Gasteiger partial charge in [-0.05, 0) is 0 Å². The molecule has 24 heterocycles. The predicted octanol–water partition coefficient (Wildman–Crippen LogP) is -21.6. The highest BCUT2D eigenvalue weighted by Crippen LogP contribution is 2.41. The van der Waals surface area contributed by atoms with E-state index in [2.05, 4.69) is 5.32 Å². The van der Waals surface area contributed by atoms with E-state index >= 15 is 0 Å². The standard InChI is InChI=1S/C60H99NO49/c62-2-13-12(94-53-34(82)25(73)26(74)49(110-53)50(90)61-22-24(72)23(71)14(3-63)93-51(22)91)1-11(70)52(95-13)92-10-21-48-33(81)41(89)60(102-21)108-47-20(9-69)100-58(39(87)31(47)79)106-45-18(7-67)98-56(37(85)29(45)77)104-43-16(5-65)96-54(35(83)27(43)75)103-42-15(4-64)97-55(36(84)28(42)76)105-44-17(6-66)99-57(38(86)30(44)78)107-46-19(8-68)101-59(109-48)40(88)32(46)80/h11-49,51-60,62-89,91H,1-10H2,(H,61,90)/t11-,12+,13-,14-,15+,16-,17+,18-,19+,20-,21+,22-,23+,24-,25+,26+,27-,28-,29+,30-,31+,32-,33-,34-,35-,36-,37+,38-,39+,40-,41-,42-,43-,44-,45-,46-,47-,48-,49+,51+,52+,53?,54-,55-,56-,57-,58?,59-,60-/m1/s1. The van der Waals surface area contributed by atoms with Gasteiger partial charge in [0.15, 0.2) is 69.0 Å². The lowest BCUT2D eigenvalue weighted by atomic mass is 9.95. The molecular formula is C60H99NO49. The van der Waals surface area contributed by atoms with Gasteiger partial charge in [-0.3, -0.25) is 4.79 Å². The molecule has 24 aliphatic heterocycles. The van der Waals surface area contributed by atoms with E-state index in [1.807, 2.05) is 0 Å². The summed E-state index contributed by atoms with van der Waals surface area (Å²) in [5, 5.41) is 324. The van der Waals surface area contributed by atoms with Gasteiger partial charge in [0.05, 0.1) is 65.6 Å². The smallest absolute Gasteiger partial charge is 0.252 e. The third-order valence-corrected chi connectivity index (χ3v) is 21.1. The molecule has 24 fully saturated rings. The zero-order chi connectivity index (χ0) is 80.1. The van der Waals surface area contributed by atoms with Gasteiger partial charge in [0.1, 0.15) is 226 Å². The van der Waals surface area contributed by atoms with E-state index in [9.17, 15) is 153 Å². The van der Waals surface area contributed by atoms with E-state index in [0.717, 1.165) is 0 Å². The Morgan fingerprint density at radius 3 is 0.864 bits per heavy atom. The molecule has 0 aromatic rings. The molecule has 0 aromatic carbocycles. The molecule has 2 unspecified atom stereocenters. The number of rotatable bonds is 15. The van der Waals surface area contributed by atoms with Crippen molar-refractivity contribution in [2.45, 2.75) is 307 Å². The normalized spacial score (nSPS) is 54.3. The van der Waals surface area contributed by atoms with Crippen LogP contribution in [0, 0.1) is 0 Å². The molecule has 24 saturated heterocycles. The minimum absolute atomic E-state index is 0.689. The SMILES string of the molecule is O=C(N[C@@H]1[C@@H](O)[C@@H](O)[C@@H](CO)O[C@@H]1O)[C@H]1OC(O[C@H]2C[C@@H](O)[C@@H](OC[C@@H]3O[C@@H]4O[C@H]5[C@@H](O)[C@H](O)C(O[C@H]6[C@@H](O)[C@H](O)[C@@H](O[C@H]7[C@H](O)[C@@H](O)[C@@H](O[C@H]8[C@H](O)[C@@H](O)[C@@H](O[C@H]9[C@H](O)[C@@H](O)[C@@H](O[C@H]%10[C@H](O)[C@@H](O)[C@@H](O[C@H]3[C@H](O)[C@H]4O)O[C@H]%10CO)O[C@H]9CO)O[C@H]8CO)O[C@@H]7CO)O[C@@H]6CO)O[C@@H]5CO)O[C@@H]2CO)[C@H](O)[C@@H](O)[C@@H]1O. The number of aliphatic hydroxyl groups excluding tert-OH is 29. The summed E-state index contributed by atoms with van der Waals surface area (Å²) in [6, 6.07) is -1.85. The number of hydrogen-bond donors (Lipinski definition) is 30. The van der Waals surface area contributed by atoms with Crippen molar-refractivity contribution in [3.8, 4) is 0 Å². The molecule has 50 nitrogen and oxygen atoms in total. The third-order valence-electron chi connectivity index (χ3n) is 21.1. The number of carbonyl (C=O) groups excluding carboxylic acids is 1. The van der Waals surface area contributed by atoms with Crippen LogP contribution in [0.4, 0.5) is 0 Å². The summed E-state index contributed by atoms with van der Waals surface area (Å²) >= 11 is 0. The lowest BCUT2D eigenvalue weighted by Crippen LogP contribution is -2.68. The topological polar surface area (TPSA) is 791 Å². The van der Waals surface area contributed by atoms with E-state index in [0.29, 0.717) is 0 Å². The van der Waals surface area contributed by atoms with E-state index in [1.54, 1.807) is 0 Å². The molecule has 1 amide bonds. The van der Waals surface area contributed by atoms with E-state index < -0.39 is 373 Å². The van der Waals surface area contributed by atoms with Crippen molar-refractivity contribution in [1.82, 2.24) is 5.32 Å². The van der Waals surface area contributed by atoms with Crippen LogP contribution < -0.4 is 5.32 Å². The summed E-state index contributed by atoms with van der Waals surface area (Å²) in [5.41, 5.74) is 0. The molecule has 24 rings (SSSR count). The summed E-state index contributed by atoms with van der Waals surface area (Å²) in [5.74, 6) is -1.40. The Balaban J connectivity index is 0.848. The Hall–Kier alpha value is -2.45. The van der Waals surface area contributed by atoms with Crippen LogP contribution in [0.1, 0.15) is 6.42 Å². The number of nitrogens with one attached hydrogen (secondary N) is 1. The molecule has 0 radical (unpaired) electrons. The Labute approximate surface area is 619 Å². The minimum Gasteiger partial charge on any atom is -0.394 e. The van der Waals surface area contributed by atoms with Crippen LogP contribution >= 0.6 is 0 Å². The van der Waals surface area contributed by atoms with Crippen LogP contribution in [-0.4, -0.2) is 514 Å². The molecule has 49 atom stereocenters. The molecule has 110 heavy (non-hydrogen) atoms. The largest absolute Gasteiger partial charge is 0.394 e. The number of hydrogen-bond acceptors (Lipinski definition) is 49. The zero-order valence-corrected chi connectivity index (χ0v) is 57.5. The molecule has 0 aromatic heterocycles. The molecular weight excluding hydrogens is 1520 g/mol. The molecule has 0 saturated carbocycles. The fraction of sp³-hybridized carbons (Fsp3) is 0.983. The van der Waals surface area contributed by atoms with Gasteiger partial charge in [-0.15, -0.1) is 0 Å². The quantitative estimate of drug-likeness (QED) is 0.0724. The molecule has 14 bridgehead atoms. The van der Waals surface area contributed by atoms with Gasteiger partial charge in [0.2, 0.25) is 0 Å². The third kappa shape index (κ3) is 17.8. The predicted molar refractivity (Wildman–Crippen MR) is 327 cm³/mol. The number of carbonyl (C=O) groups is 1. The van der Waals surface area contributed by atoms with Crippen LogP contribution in [0.5, 0.6) is 0 Å². The van der Waals surface area contributed by atoms with Gasteiger partial charge in [0, 0.05) is 6.42 Å². The van der Waals surface area contributed by atoms with Gasteiger partial charge >= 0.3 is 0 Å². The summed E-state index contributed by atoms with van der Waals surface area (Å²) < 4.78 is 109. The summed E-state index contributed by atoms with van der Waals surface area (Å²) in [6.45, 7) is -9.87. The number of aliphatic hydroxyl groups is 29. The minimum atomic E-state index is -2.45. The van der Waals surface area contributed by atoms with Gasteiger partial charge in [0.25, 0.3) is 5.91 Å². The fourth-order valence-corrected chi connectivity index (χ4v) is 14.7. The van der Waals surface area contributed by atoms with E-state index in [-0.39, 0.29) is 0 Å². The Morgan fingerprint density at radius 2 is 0.564 bits per heavy atom. The Kier molecular flexibility index (Phi) is 30.2. The highest BCUT2D eigenvalue weighted by atomic mass is 16.8. The van der Waals surface area contributed by atoms with Gasteiger partial charge in [-0.2, -0.15) is 0 Å². The van der Waals surface area contributed by atoms with Crippen LogP contribution in [0.15, 0.2) is 0 Å². The molecule has 30 N–H and O–H groups in total. The number of ether oxygens (including phenoxy) is 19. The first-order valence-electron chi connectivity index (χ1n) is 35.2. The first kappa shape index (κ1) is 88.4. The highest BCUT2D eigenvalue weighted by Gasteiger charge is 2.61. The second-order valence-corrected chi connectivity index (χ2v) is 28.2. The van der Waals surface area contributed by atoms with Crippen molar-refractivity contribution in [2.75, 3.05) is 59.5 Å². The second-order valence-electron chi connectivity index (χ2n) is 28.2. The first-order chi connectivity index (χ1) is 52.3. The van der Waals surface area contributed by atoms with E-state index in [4.69, 9.17) is 90.0 Å². The van der Waals surface area contributed by atoms with Crippen molar-refractivity contribution in [3.63, 3.8) is 0 Å². The van der Waals surface area contributed by atoms with Crippen molar-refractivity contribution in [3.05, 3.63) is 0 Å². The van der Waals surface area contributed by atoms with Crippen LogP contribution in [0.2, 0.25) is 0 Å². The molecule has 24 aliphatic rings. The average molecular weight is 1620 g/mol. The van der Waals surface area contributed by atoms with E-state index in [1.165, 1.54) is 0 Å². The van der Waals surface area contributed by atoms with Gasteiger partial charge in [-0.25, -0.2) is 0 Å². The van der Waals surface area contributed by atoms with Gasteiger partial charge < -0.3 is 243 Å².